The van der Waals surface area contributed by atoms with Crippen molar-refractivity contribution < 1.29 is 14.0 Å². The number of carbonyl (C=O) groups excluding carboxylic acids is 2. The predicted octanol–water partition coefficient (Wildman–Crippen LogP) is 3.31. The monoisotopic (exact) mass is 319 g/mol. The van der Waals surface area contributed by atoms with Crippen LogP contribution in [0.1, 0.15) is 11.1 Å². The number of benzene rings is 2. The molecule has 2 aromatic carbocycles. The summed E-state index contributed by atoms with van der Waals surface area (Å²) in [7, 11) is 0. The summed E-state index contributed by atoms with van der Waals surface area (Å²) in [6, 6.07) is 14.0. The van der Waals surface area contributed by atoms with Gasteiger partial charge in [0.05, 0.1) is 6.54 Å². The lowest BCUT2D eigenvalue weighted by molar-refractivity contribution is -0.120. The molecule has 4 heteroatoms. The Morgan fingerprint density at radius 3 is 2.38 bits per heavy atom. The summed E-state index contributed by atoms with van der Waals surface area (Å²) >= 11 is 0. The van der Waals surface area contributed by atoms with Crippen LogP contribution in [0.3, 0.4) is 0 Å². The lowest BCUT2D eigenvalue weighted by Crippen LogP contribution is -2.38. The highest BCUT2D eigenvalue weighted by molar-refractivity contribution is 6.14. The molecule has 4 rings (SSSR count). The molecule has 2 aliphatic rings. The largest absolute Gasteiger partial charge is 0.306 e. The van der Waals surface area contributed by atoms with Crippen LogP contribution in [0.15, 0.2) is 72.8 Å². The van der Waals surface area contributed by atoms with Gasteiger partial charge >= 0.3 is 0 Å². The van der Waals surface area contributed by atoms with Crippen molar-refractivity contribution in [3.8, 4) is 0 Å². The number of hydrogen-bond donors (Lipinski definition) is 0. The Kier molecular flexibility index (Phi) is 3.20. The molecule has 1 amide bonds. The van der Waals surface area contributed by atoms with E-state index in [1.165, 1.54) is 24.3 Å². The molecule has 1 aliphatic carbocycles. The van der Waals surface area contributed by atoms with Gasteiger partial charge in [-0.25, -0.2) is 4.39 Å². The molecule has 0 unspecified atom stereocenters. The van der Waals surface area contributed by atoms with Crippen LogP contribution in [0.25, 0.3) is 0 Å². The van der Waals surface area contributed by atoms with Crippen LogP contribution in [0.5, 0.6) is 0 Å². The second kappa shape index (κ2) is 5.27. The number of ketones is 1. The third-order valence-corrected chi connectivity index (χ3v) is 4.50. The zero-order valence-corrected chi connectivity index (χ0v) is 12.8. The van der Waals surface area contributed by atoms with E-state index in [9.17, 15) is 14.0 Å². The number of carbonyl (C=O) groups is 2. The van der Waals surface area contributed by atoms with Gasteiger partial charge in [0.2, 0.25) is 5.91 Å². The van der Waals surface area contributed by atoms with Gasteiger partial charge in [0.15, 0.2) is 5.78 Å². The SMILES string of the molecule is O=C1C=CC2(C=C1)C(=O)N(Cc1ccccc1)c1ccc(F)cc12. The summed E-state index contributed by atoms with van der Waals surface area (Å²) < 4.78 is 13.8. The summed E-state index contributed by atoms with van der Waals surface area (Å²) in [5.41, 5.74) is 1.13. The molecule has 0 saturated carbocycles. The molecule has 0 bridgehead atoms. The van der Waals surface area contributed by atoms with E-state index in [2.05, 4.69) is 0 Å². The first-order valence-electron chi connectivity index (χ1n) is 7.68. The first kappa shape index (κ1) is 14.6. The molecule has 0 atom stereocenters. The van der Waals surface area contributed by atoms with Crippen molar-refractivity contribution in [2.24, 2.45) is 0 Å². The zero-order valence-electron chi connectivity index (χ0n) is 12.8. The van der Waals surface area contributed by atoms with Crippen LogP contribution in [0.2, 0.25) is 0 Å². The molecular formula is C20H14FNO2. The fraction of sp³-hybridized carbons (Fsp3) is 0.100. The van der Waals surface area contributed by atoms with Crippen molar-refractivity contribution in [3.63, 3.8) is 0 Å². The molecule has 24 heavy (non-hydrogen) atoms. The molecule has 0 saturated heterocycles. The van der Waals surface area contributed by atoms with Crippen LogP contribution in [-0.2, 0) is 21.5 Å². The minimum absolute atomic E-state index is 0.173. The van der Waals surface area contributed by atoms with Crippen molar-refractivity contribution in [1.82, 2.24) is 0 Å². The van der Waals surface area contributed by atoms with Crippen LogP contribution >= 0.6 is 0 Å². The molecule has 0 N–H and O–H groups in total. The third-order valence-electron chi connectivity index (χ3n) is 4.50. The van der Waals surface area contributed by atoms with E-state index in [1.54, 1.807) is 23.1 Å². The van der Waals surface area contributed by atoms with Crippen molar-refractivity contribution in [2.45, 2.75) is 12.0 Å². The van der Waals surface area contributed by atoms with Gasteiger partial charge in [0.1, 0.15) is 11.2 Å². The van der Waals surface area contributed by atoms with Gasteiger partial charge in [0, 0.05) is 11.3 Å². The van der Waals surface area contributed by atoms with Crippen molar-refractivity contribution in [1.29, 1.82) is 0 Å². The number of nitrogens with zero attached hydrogens (tertiary/aromatic N) is 1. The topological polar surface area (TPSA) is 37.4 Å². The van der Waals surface area contributed by atoms with Gasteiger partial charge in [-0.3, -0.25) is 9.59 Å². The minimum Gasteiger partial charge on any atom is -0.306 e. The first-order chi connectivity index (χ1) is 11.6. The Morgan fingerprint density at radius 2 is 1.67 bits per heavy atom. The number of halogens is 1. The number of rotatable bonds is 2. The van der Waals surface area contributed by atoms with Gasteiger partial charge in [-0.2, -0.15) is 0 Å². The van der Waals surface area contributed by atoms with Gasteiger partial charge < -0.3 is 4.90 Å². The number of fused-ring (bicyclic) bond motifs is 2. The van der Waals surface area contributed by atoms with E-state index in [4.69, 9.17) is 0 Å². The summed E-state index contributed by atoms with van der Waals surface area (Å²) in [5, 5.41) is 0. The molecule has 2 aromatic rings. The quantitative estimate of drug-likeness (QED) is 0.852. The van der Waals surface area contributed by atoms with Crippen LogP contribution in [0, 0.1) is 5.82 Å². The van der Waals surface area contributed by atoms with Crippen molar-refractivity contribution in [3.05, 3.63) is 89.8 Å². The average molecular weight is 319 g/mol. The number of hydrogen-bond acceptors (Lipinski definition) is 2. The maximum atomic E-state index is 13.8. The molecule has 0 radical (unpaired) electrons. The Labute approximate surface area is 138 Å². The fourth-order valence-electron chi connectivity index (χ4n) is 3.31. The molecule has 1 heterocycles. The molecule has 0 aromatic heterocycles. The molecule has 1 spiro atoms. The first-order valence-corrected chi connectivity index (χ1v) is 7.68. The molecule has 0 fully saturated rings. The number of amides is 1. The van der Waals surface area contributed by atoms with E-state index in [-0.39, 0.29) is 11.7 Å². The maximum Gasteiger partial charge on any atom is 0.245 e. The lowest BCUT2D eigenvalue weighted by Gasteiger charge is -2.24. The molecule has 3 nitrogen and oxygen atoms in total. The normalized spacial score (nSPS) is 17.6. The third kappa shape index (κ3) is 2.11. The Bertz CT molecular complexity index is 883. The predicted molar refractivity (Wildman–Crippen MR) is 89.0 cm³/mol. The van der Waals surface area contributed by atoms with E-state index in [0.29, 0.717) is 17.8 Å². The zero-order chi connectivity index (χ0) is 16.7. The van der Waals surface area contributed by atoms with Crippen molar-refractivity contribution in [2.75, 3.05) is 4.90 Å². The Balaban J connectivity index is 1.84. The molecule has 1 aliphatic heterocycles. The standard InChI is InChI=1S/C20H14FNO2/c21-15-6-7-18-17(12-15)20(10-8-16(23)9-11-20)19(24)22(18)13-14-4-2-1-3-5-14/h1-12H,13H2. The fourth-order valence-corrected chi connectivity index (χ4v) is 3.31. The summed E-state index contributed by atoms with van der Waals surface area (Å²) in [6.45, 7) is 0.398. The van der Waals surface area contributed by atoms with Gasteiger partial charge in [-0.1, -0.05) is 42.5 Å². The summed E-state index contributed by atoms with van der Waals surface area (Å²) in [5.74, 6) is -0.749. The van der Waals surface area contributed by atoms with E-state index < -0.39 is 11.2 Å². The van der Waals surface area contributed by atoms with Crippen molar-refractivity contribution >= 4 is 17.4 Å². The highest BCUT2D eigenvalue weighted by Crippen LogP contribution is 2.45. The number of anilines is 1. The molecule has 118 valence electrons. The maximum absolute atomic E-state index is 13.8. The van der Waals surface area contributed by atoms with E-state index in [1.807, 2.05) is 30.3 Å². The summed E-state index contributed by atoms with van der Waals surface area (Å²) in [4.78, 5) is 26.3. The highest BCUT2D eigenvalue weighted by atomic mass is 19.1. The second-order valence-corrected chi connectivity index (χ2v) is 5.98. The highest BCUT2D eigenvalue weighted by Gasteiger charge is 2.48. The van der Waals surface area contributed by atoms with Crippen LogP contribution < -0.4 is 4.90 Å². The minimum atomic E-state index is -1.10. The van der Waals surface area contributed by atoms with E-state index in [0.717, 1.165) is 5.56 Å². The van der Waals surface area contributed by atoms with Gasteiger partial charge in [-0.15, -0.1) is 0 Å². The average Bonchev–Trinajstić information content (AvgIpc) is 2.81. The second-order valence-electron chi connectivity index (χ2n) is 5.98. The van der Waals surface area contributed by atoms with Gasteiger partial charge in [0.25, 0.3) is 0 Å². The smallest absolute Gasteiger partial charge is 0.245 e. The van der Waals surface area contributed by atoms with E-state index >= 15 is 0 Å². The molecular weight excluding hydrogens is 305 g/mol. The number of allylic oxidation sites excluding steroid dienone is 2. The summed E-state index contributed by atoms with van der Waals surface area (Å²) in [6.07, 6.45) is 5.89. The Hall–Kier alpha value is -3.01. The Morgan fingerprint density at radius 1 is 0.958 bits per heavy atom. The van der Waals surface area contributed by atoms with Crippen LogP contribution in [-0.4, -0.2) is 11.7 Å². The van der Waals surface area contributed by atoms with Crippen LogP contribution in [0.4, 0.5) is 10.1 Å². The van der Waals surface area contributed by atoms with Gasteiger partial charge in [-0.05, 0) is 35.9 Å². The lowest BCUT2D eigenvalue weighted by atomic mass is 9.78.